The van der Waals surface area contributed by atoms with Crippen molar-refractivity contribution in [2.75, 3.05) is 7.11 Å². The summed E-state index contributed by atoms with van der Waals surface area (Å²) in [6.45, 7) is 0. The normalized spacial score (nSPS) is 15.2. The summed E-state index contributed by atoms with van der Waals surface area (Å²) in [5.41, 5.74) is 2.15. The Kier molecular flexibility index (Phi) is 3.57. The average molecular weight is 386 g/mol. The van der Waals surface area contributed by atoms with Crippen LogP contribution in [0.5, 0.6) is 5.75 Å². The molecule has 1 aliphatic rings. The van der Waals surface area contributed by atoms with Gasteiger partial charge in [-0.05, 0) is 52.5 Å². The molecule has 122 valence electrons. The molecule has 2 N–H and O–H groups in total. The van der Waals surface area contributed by atoms with Crippen molar-refractivity contribution in [2.24, 2.45) is 0 Å². The number of carbonyl (C=O) groups excluding carboxylic acids is 1. The van der Waals surface area contributed by atoms with E-state index in [2.05, 4.69) is 31.2 Å². The largest absolute Gasteiger partial charge is 0.497 e. The maximum Gasteiger partial charge on any atom is 0.254 e. The van der Waals surface area contributed by atoms with Crippen LogP contribution in [0.25, 0.3) is 11.0 Å². The number of H-pyrrole nitrogens is 1. The molecule has 0 saturated heterocycles. The van der Waals surface area contributed by atoms with Crippen LogP contribution in [-0.4, -0.2) is 23.0 Å². The zero-order valence-electron chi connectivity index (χ0n) is 13.1. The maximum atomic E-state index is 12.8. The van der Waals surface area contributed by atoms with E-state index in [0.29, 0.717) is 11.2 Å². The molecule has 2 heterocycles. The number of aromatic amines is 1. The Morgan fingerprint density at radius 3 is 2.75 bits per heavy atom. The number of carbonyl (C=O) groups is 1. The summed E-state index contributed by atoms with van der Waals surface area (Å²) in [7, 11) is 1.65. The number of ether oxygens (including phenoxy) is 1. The molecule has 0 atom stereocenters. The number of fused-ring (bicyclic) bond motifs is 1. The van der Waals surface area contributed by atoms with E-state index in [4.69, 9.17) is 4.74 Å². The average Bonchev–Trinajstić information content (AvgIpc) is 3.25. The van der Waals surface area contributed by atoms with Crippen molar-refractivity contribution in [3.63, 3.8) is 0 Å². The van der Waals surface area contributed by atoms with Gasteiger partial charge in [0.2, 0.25) is 0 Å². The van der Waals surface area contributed by atoms with Gasteiger partial charge >= 0.3 is 0 Å². The quantitative estimate of drug-likeness (QED) is 0.718. The Hall–Kier alpha value is -2.34. The van der Waals surface area contributed by atoms with E-state index in [-0.39, 0.29) is 11.4 Å². The zero-order chi connectivity index (χ0) is 16.7. The Labute approximate surface area is 147 Å². The predicted octanol–water partition coefficient (Wildman–Crippen LogP) is 3.75. The first-order valence-corrected chi connectivity index (χ1v) is 8.50. The number of nitrogens with zero attached hydrogens (tertiary/aromatic N) is 1. The monoisotopic (exact) mass is 385 g/mol. The molecule has 0 spiro atoms. The topological polar surface area (TPSA) is 67.0 Å². The summed E-state index contributed by atoms with van der Waals surface area (Å²) < 4.78 is 6.05. The Balaban J connectivity index is 1.61. The van der Waals surface area contributed by atoms with Gasteiger partial charge in [-0.3, -0.25) is 4.79 Å². The Morgan fingerprint density at radius 1 is 1.33 bits per heavy atom. The molecule has 1 aliphatic carbocycles. The van der Waals surface area contributed by atoms with Crippen molar-refractivity contribution in [1.29, 1.82) is 0 Å². The number of hydrogen-bond donors (Lipinski definition) is 2. The van der Waals surface area contributed by atoms with Crippen LogP contribution in [-0.2, 0) is 5.54 Å². The summed E-state index contributed by atoms with van der Waals surface area (Å²) >= 11 is 3.40. The van der Waals surface area contributed by atoms with Crippen LogP contribution in [0.4, 0.5) is 0 Å². The summed E-state index contributed by atoms with van der Waals surface area (Å²) in [5.74, 6) is 0.725. The second kappa shape index (κ2) is 5.63. The Bertz CT molecular complexity index is 914. The van der Waals surface area contributed by atoms with Crippen LogP contribution in [0.1, 0.15) is 28.8 Å². The predicted molar refractivity (Wildman–Crippen MR) is 95.2 cm³/mol. The fraction of sp³-hybridized carbons (Fsp3) is 0.222. The number of methoxy groups -OCH3 is 1. The number of nitrogens with one attached hydrogen (secondary N) is 2. The minimum Gasteiger partial charge on any atom is -0.497 e. The number of rotatable bonds is 4. The van der Waals surface area contributed by atoms with E-state index in [9.17, 15) is 4.79 Å². The summed E-state index contributed by atoms with van der Waals surface area (Å²) in [6.07, 6.45) is 5.30. The van der Waals surface area contributed by atoms with E-state index in [1.54, 1.807) is 19.5 Å². The molecule has 3 aromatic rings. The minimum absolute atomic E-state index is 0.0885. The van der Waals surface area contributed by atoms with Crippen LogP contribution >= 0.6 is 15.9 Å². The van der Waals surface area contributed by atoms with E-state index in [1.165, 1.54) is 0 Å². The molecule has 1 amide bonds. The van der Waals surface area contributed by atoms with Crippen molar-refractivity contribution in [2.45, 2.75) is 18.4 Å². The van der Waals surface area contributed by atoms with Crippen molar-refractivity contribution < 1.29 is 9.53 Å². The number of benzene rings is 1. The van der Waals surface area contributed by atoms with Gasteiger partial charge in [0.05, 0.1) is 18.2 Å². The lowest BCUT2D eigenvalue weighted by Crippen LogP contribution is -2.34. The van der Waals surface area contributed by atoms with Crippen LogP contribution in [0.2, 0.25) is 0 Å². The summed E-state index contributed by atoms with van der Waals surface area (Å²) in [5, 5.41) is 4.00. The molecule has 0 radical (unpaired) electrons. The number of amides is 1. The van der Waals surface area contributed by atoms with E-state index >= 15 is 0 Å². The second-order valence-electron chi connectivity index (χ2n) is 6.02. The summed E-state index contributed by atoms with van der Waals surface area (Å²) in [6, 6.07) is 9.78. The molecule has 1 fully saturated rings. The highest BCUT2D eigenvalue weighted by Gasteiger charge is 2.45. The lowest BCUT2D eigenvalue weighted by molar-refractivity contribution is 0.0932. The second-order valence-corrected chi connectivity index (χ2v) is 6.93. The minimum atomic E-state index is -0.271. The van der Waals surface area contributed by atoms with Gasteiger partial charge in [0.25, 0.3) is 5.91 Å². The SMILES string of the molecule is COc1ccc(C2(NC(=O)c3c[nH]c4ncc(Br)cc34)CC2)cc1. The van der Waals surface area contributed by atoms with Gasteiger partial charge in [0, 0.05) is 22.3 Å². The molecule has 1 aromatic carbocycles. The fourth-order valence-corrected chi connectivity index (χ4v) is 3.30. The fourth-order valence-electron chi connectivity index (χ4n) is 2.97. The van der Waals surface area contributed by atoms with Crippen LogP contribution in [0.15, 0.2) is 47.2 Å². The Morgan fingerprint density at radius 2 is 2.08 bits per heavy atom. The number of pyridine rings is 1. The highest BCUT2D eigenvalue weighted by atomic mass is 79.9. The van der Waals surface area contributed by atoms with Gasteiger partial charge in [0.15, 0.2) is 0 Å². The first-order chi connectivity index (χ1) is 11.6. The number of hydrogen-bond acceptors (Lipinski definition) is 3. The van der Waals surface area contributed by atoms with Gasteiger partial charge in [-0.15, -0.1) is 0 Å². The molecule has 1 saturated carbocycles. The molecule has 0 unspecified atom stereocenters. The molecule has 2 aromatic heterocycles. The van der Waals surface area contributed by atoms with Crippen LogP contribution in [0, 0.1) is 0 Å². The molecule has 6 heteroatoms. The summed E-state index contributed by atoms with van der Waals surface area (Å²) in [4.78, 5) is 20.1. The van der Waals surface area contributed by atoms with Crippen molar-refractivity contribution in [3.8, 4) is 5.75 Å². The third-order valence-corrected chi connectivity index (χ3v) is 4.92. The highest BCUT2D eigenvalue weighted by molar-refractivity contribution is 9.10. The highest BCUT2D eigenvalue weighted by Crippen LogP contribution is 2.46. The van der Waals surface area contributed by atoms with Crippen molar-refractivity contribution >= 4 is 32.9 Å². The molecule has 0 aliphatic heterocycles. The van der Waals surface area contributed by atoms with Crippen LogP contribution < -0.4 is 10.1 Å². The maximum absolute atomic E-state index is 12.8. The standard InChI is InChI=1S/C18H16BrN3O2/c1-24-13-4-2-11(3-5-13)18(6-7-18)22-17(23)15-10-21-16-14(15)8-12(19)9-20-16/h2-5,8-10H,6-7H2,1H3,(H,20,21)(H,22,23). The van der Waals surface area contributed by atoms with Crippen molar-refractivity contribution in [1.82, 2.24) is 15.3 Å². The molecule has 24 heavy (non-hydrogen) atoms. The lowest BCUT2D eigenvalue weighted by atomic mass is 10.0. The zero-order valence-corrected chi connectivity index (χ0v) is 14.7. The van der Waals surface area contributed by atoms with E-state index in [1.807, 2.05) is 30.3 Å². The molecular weight excluding hydrogens is 370 g/mol. The van der Waals surface area contributed by atoms with Gasteiger partial charge in [-0.2, -0.15) is 0 Å². The third kappa shape index (κ3) is 2.57. The molecular formula is C18H16BrN3O2. The van der Waals surface area contributed by atoms with Crippen molar-refractivity contribution in [3.05, 3.63) is 58.3 Å². The smallest absolute Gasteiger partial charge is 0.254 e. The van der Waals surface area contributed by atoms with E-state index in [0.717, 1.165) is 34.0 Å². The van der Waals surface area contributed by atoms with Crippen LogP contribution in [0.3, 0.4) is 0 Å². The van der Waals surface area contributed by atoms with Gasteiger partial charge in [-0.1, -0.05) is 12.1 Å². The number of aromatic nitrogens is 2. The van der Waals surface area contributed by atoms with Gasteiger partial charge < -0.3 is 15.0 Å². The van der Waals surface area contributed by atoms with E-state index < -0.39 is 0 Å². The lowest BCUT2D eigenvalue weighted by Gasteiger charge is -2.18. The first-order valence-electron chi connectivity index (χ1n) is 7.71. The number of halogens is 1. The van der Waals surface area contributed by atoms with Gasteiger partial charge in [0.1, 0.15) is 11.4 Å². The van der Waals surface area contributed by atoms with Gasteiger partial charge in [-0.25, -0.2) is 4.98 Å². The molecule has 0 bridgehead atoms. The molecule has 5 nitrogen and oxygen atoms in total. The molecule has 4 rings (SSSR count). The first kappa shape index (κ1) is 15.2. The third-order valence-electron chi connectivity index (χ3n) is 4.49.